The number of pyridine rings is 1. The summed E-state index contributed by atoms with van der Waals surface area (Å²) in [5, 5.41) is 11.9. The molecule has 4 aromatic rings. The Labute approximate surface area is 222 Å². The Bertz CT molecular complexity index is 1630. The number of hydrogen-bond donors (Lipinski definition) is 1. The Hall–Kier alpha value is -4.84. The maximum atomic E-state index is 13.4. The smallest absolute Gasteiger partial charge is 0.416 e. The molecule has 0 bridgehead atoms. The number of aromatic nitrogens is 1. The Morgan fingerprint density at radius 1 is 0.974 bits per heavy atom. The van der Waals surface area contributed by atoms with Gasteiger partial charge in [0.15, 0.2) is 0 Å². The number of amides is 1. The second-order valence-corrected chi connectivity index (χ2v) is 8.76. The third-order valence-electron chi connectivity index (χ3n) is 5.81. The molecule has 198 valence electrons. The van der Waals surface area contributed by atoms with E-state index in [4.69, 9.17) is 4.74 Å². The van der Waals surface area contributed by atoms with Crippen LogP contribution in [-0.4, -0.2) is 47.6 Å². The minimum atomic E-state index is -4.66. The summed E-state index contributed by atoms with van der Waals surface area (Å²) in [5.41, 5.74) is 0.411. The zero-order valence-electron chi connectivity index (χ0n) is 21.3. The highest BCUT2D eigenvalue weighted by molar-refractivity contribution is 6.08. The number of aromatic hydroxyl groups is 1. The van der Waals surface area contributed by atoms with E-state index in [0.717, 1.165) is 12.1 Å². The van der Waals surface area contributed by atoms with Crippen molar-refractivity contribution in [2.24, 2.45) is 0 Å². The number of halogens is 3. The number of fused-ring (bicyclic) bond motifs is 1. The molecule has 1 aromatic heterocycles. The van der Waals surface area contributed by atoms with Crippen molar-refractivity contribution in [2.45, 2.75) is 13.1 Å². The van der Waals surface area contributed by atoms with Crippen LogP contribution >= 0.6 is 0 Å². The average molecular weight is 533 g/mol. The van der Waals surface area contributed by atoms with Crippen molar-refractivity contribution in [2.75, 3.05) is 20.7 Å². The van der Waals surface area contributed by atoms with E-state index in [1.54, 1.807) is 63.5 Å². The van der Waals surface area contributed by atoms with Crippen molar-refractivity contribution >= 4 is 22.6 Å². The first kappa shape index (κ1) is 27.2. The topological polar surface area (TPSA) is 79.7 Å². The lowest BCUT2D eigenvalue weighted by atomic mass is 9.96. The highest BCUT2D eigenvalue weighted by atomic mass is 19.4. The van der Waals surface area contributed by atoms with Crippen LogP contribution < -0.4 is 0 Å². The molecule has 1 N–H and O–H groups in total. The lowest BCUT2D eigenvalue weighted by Crippen LogP contribution is -2.21. The van der Waals surface area contributed by atoms with Crippen LogP contribution in [0.15, 0.2) is 66.9 Å². The lowest BCUT2D eigenvalue weighted by Gasteiger charge is -2.15. The summed E-state index contributed by atoms with van der Waals surface area (Å²) < 4.78 is 45.0. The van der Waals surface area contributed by atoms with Gasteiger partial charge in [0.1, 0.15) is 5.75 Å². The van der Waals surface area contributed by atoms with Gasteiger partial charge in [0.25, 0.3) is 5.91 Å². The summed E-state index contributed by atoms with van der Waals surface area (Å²) in [6, 6.07) is 14.8. The van der Waals surface area contributed by atoms with Crippen LogP contribution in [0.4, 0.5) is 13.2 Å². The van der Waals surface area contributed by atoms with Crippen LogP contribution in [0.5, 0.6) is 5.75 Å². The third-order valence-corrected chi connectivity index (χ3v) is 5.81. The van der Waals surface area contributed by atoms with Crippen molar-refractivity contribution < 1.29 is 32.6 Å². The number of ether oxygens (including phenoxy) is 1. The molecule has 9 heteroatoms. The number of rotatable bonds is 4. The van der Waals surface area contributed by atoms with E-state index in [2.05, 4.69) is 16.8 Å². The largest absolute Gasteiger partial charge is 0.506 e. The highest BCUT2D eigenvalue weighted by Gasteiger charge is 2.32. The SMILES string of the molecule is CCOC(=O)c1cc(C#Cc2ccc(-c3cc(C(=O)N(C)C)c(O)c4ccccc34)nc2)cc(C(F)(F)F)c1. The second kappa shape index (κ2) is 10.9. The Morgan fingerprint density at radius 3 is 2.28 bits per heavy atom. The Balaban J connectivity index is 1.73. The maximum Gasteiger partial charge on any atom is 0.416 e. The van der Waals surface area contributed by atoms with Gasteiger partial charge >= 0.3 is 12.1 Å². The monoisotopic (exact) mass is 532 g/mol. The molecule has 0 aliphatic carbocycles. The van der Waals surface area contributed by atoms with E-state index in [0.29, 0.717) is 27.6 Å². The van der Waals surface area contributed by atoms with Gasteiger partial charge in [-0.2, -0.15) is 13.2 Å². The minimum Gasteiger partial charge on any atom is -0.506 e. The molecule has 6 nitrogen and oxygen atoms in total. The number of benzene rings is 3. The number of alkyl halides is 3. The number of carbonyl (C=O) groups is 2. The van der Waals surface area contributed by atoms with Gasteiger partial charge in [-0.3, -0.25) is 9.78 Å². The van der Waals surface area contributed by atoms with Gasteiger partial charge in [-0.1, -0.05) is 36.1 Å². The number of hydrogen-bond acceptors (Lipinski definition) is 5. The van der Waals surface area contributed by atoms with Crippen molar-refractivity contribution in [3.63, 3.8) is 0 Å². The highest BCUT2D eigenvalue weighted by Crippen LogP contribution is 2.37. The predicted octanol–water partition coefficient (Wildman–Crippen LogP) is 5.90. The summed E-state index contributed by atoms with van der Waals surface area (Å²) in [4.78, 5) is 30.5. The van der Waals surface area contributed by atoms with Gasteiger partial charge in [0.2, 0.25) is 0 Å². The van der Waals surface area contributed by atoms with E-state index in [-0.39, 0.29) is 35.0 Å². The Morgan fingerprint density at radius 2 is 1.67 bits per heavy atom. The summed E-state index contributed by atoms with van der Waals surface area (Å²) >= 11 is 0. The maximum absolute atomic E-state index is 13.4. The number of esters is 1. The summed E-state index contributed by atoms with van der Waals surface area (Å²) in [6.07, 6.45) is -3.21. The van der Waals surface area contributed by atoms with Crippen molar-refractivity contribution in [3.05, 3.63) is 94.7 Å². The first-order valence-electron chi connectivity index (χ1n) is 11.8. The summed E-state index contributed by atoms with van der Waals surface area (Å²) in [6.45, 7) is 1.58. The fraction of sp³-hybridized carbons (Fsp3) is 0.167. The van der Waals surface area contributed by atoms with E-state index < -0.39 is 17.7 Å². The molecule has 0 unspecified atom stereocenters. The molecular formula is C30H23F3N2O4. The third kappa shape index (κ3) is 5.85. The van der Waals surface area contributed by atoms with Gasteiger partial charge in [0.05, 0.1) is 29.0 Å². The quantitative estimate of drug-likeness (QED) is 0.261. The molecule has 0 radical (unpaired) electrons. The van der Waals surface area contributed by atoms with E-state index in [1.165, 1.54) is 17.2 Å². The molecule has 1 heterocycles. The fourth-order valence-electron chi connectivity index (χ4n) is 3.94. The molecular weight excluding hydrogens is 509 g/mol. The molecule has 4 rings (SSSR count). The standard InChI is InChI=1S/C30H23F3N2O4/c1-4-39-29(38)20-13-19(14-21(15-20)30(31,32)33)10-9-18-11-12-26(34-17-18)24-16-25(28(37)35(2)3)27(36)23-8-6-5-7-22(23)24/h5-8,11-17,36H,4H2,1-3H3. The zero-order valence-corrected chi connectivity index (χ0v) is 21.3. The lowest BCUT2D eigenvalue weighted by molar-refractivity contribution is -0.137. The fourth-order valence-corrected chi connectivity index (χ4v) is 3.94. The molecule has 3 aromatic carbocycles. The molecule has 0 saturated heterocycles. The number of carbonyl (C=O) groups excluding carboxylic acids is 2. The predicted molar refractivity (Wildman–Crippen MR) is 140 cm³/mol. The van der Waals surface area contributed by atoms with E-state index in [1.807, 2.05) is 0 Å². The first-order chi connectivity index (χ1) is 18.5. The molecule has 0 spiro atoms. The van der Waals surface area contributed by atoms with E-state index in [9.17, 15) is 27.9 Å². The number of phenolic OH excluding ortho intramolecular Hbond substituents is 1. The average Bonchev–Trinajstić information content (AvgIpc) is 2.92. The van der Waals surface area contributed by atoms with E-state index >= 15 is 0 Å². The normalized spacial score (nSPS) is 11.0. The second-order valence-electron chi connectivity index (χ2n) is 8.76. The van der Waals surface area contributed by atoms with Gasteiger partial charge in [-0.05, 0) is 48.7 Å². The molecule has 1 amide bonds. The summed E-state index contributed by atoms with van der Waals surface area (Å²) in [5.74, 6) is 4.07. The van der Waals surface area contributed by atoms with Gasteiger partial charge in [0, 0.05) is 42.4 Å². The molecule has 0 atom stereocenters. The zero-order chi connectivity index (χ0) is 28.3. The number of phenols is 1. The van der Waals surface area contributed by atoms with Crippen LogP contribution in [-0.2, 0) is 10.9 Å². The van der Waals surface area contributed by atoms with Crippen LogP contribution in [0, 0.1) is 11.8 Å². The minimum absolute atomic E-state index is 0.00618. The van der Waals surface area contributed by atoms with Crippen LogP contribution in [0.2, 0.25) is 0 Å². The molecule has 39 heavy (non-hydrogen) atoms. The molecule has 0 aliphatic rings. The van der Waals surface area contributed by atoms with Crippen molar-refractivity contribution in [3.8, 4) is 28.8 Å². The Kier molecular flexibility index (Phi) is 7.58. The van der Waals surface area contributed by atoms with Crippen LogP contribution in [0.25, 0.3) is 22.0 Å². The van der Waals surface area contributed by atoms with Crippen molar-refractivity contribution in [1.82, 2.24) is 9.88 Å². The first-order valence-corrected chi connectivity index (χ1v) is 11.8. The number of nitrogens with zero attached hydrogens (tertiary/aromatic N) is 2. The van der Waals surface area contributed by atoms with Crippen LogP contribution in [0.1, 0.15) is 44.3 Å². The molecule has 0 fully saturated rings. The van der Waals surface area contributed by atoms with Crippen LogP contribution in [0.3, 0.4) is 0 Å². The molecule has 0 saturated carbocycles. The van der Waals surface area contributed by atoms with Crippen molar-refractivity contribution in [1.29, 1.82) is 0 Å². The summed E-state index contributed by atoms with van der Waals surface area (Å²) in [7, 11) is 3.17. The van der Waals surface area contributed by atoms with Gasteiger partial charge in [-0.15, -0.1) is 0 Å². The van der Waals surface area contributed by atoms with Gasteiger partial charge in [-0.25, -0.2) is 4.79 Å². The van der Waals surface area contributed by atoms with Gasteiger partial charge < -0.3 is 14.7 Å². The molecule has 0 aliphatic heterocycles.